The molecule has 1 heterocycles. The predicted octanol–water partition coefficient (Wildman–Crippen LogP) is 4.80. The summed E-state index contributed by atoms with van der Waals surface area (Å²) in [4.78, 5) is 16.4. The number of amides is 2. The summed E-state index contributed by atoms with van der Waals surface area (Å²) in [7, 11) is 0. The zero-order valence-corrected chi connectivity index (χ0v) is 16.0. The van der Waals surface area contributed by atoms with Gasteiger partial charge in [0, 0.05) is 23.4 Å². The Bertz CT molecular complexity index is 947. The summed E-state index contributed by atoms with van der Waals surface area (Å²) < 4.78 is 5.43. The van der Waals surface area contributed by atoms with E-state index in [2.05, 4.69) is 34.6 Å². The topological polar surface area (TPSA) is 80.0 Å². The van der Waals surface area contributed by atoms with Gasteiger partial charge in [-0.2, -0.15) is 4.98 Å². The van der Waals surface area contributed by atoms with E-state index >= 15 is 0 Å². The first-order valence-corrected chi connectivity index (χ1v) is 8.99. The van der Waals surface area contributed by atoms with E-state index in [1.54, 1.807) is 0 Å². The van der Waals surface area contributed by atoms with Gasteiger partial charge in [-0.1, -0.05) is 37.2 Å². The minimum Gasteiger partial charge on any atom is -0.338 e. The number of nitrogens with one attached hydrogen (secondary N) is 2. The molecule has 0 aliphatic heterocycles. The van der Waals surface area contributed by atoms with Crippen LogP contribution >= 0.6 is 0 Å². The molecule has 0 radical (unpaired) electrons. The molecule has 1 aromatic heterocycles. The molecule has 3 rings (SSSR count). The van der Waals surface area contributed by atoms with Gasteiger partial charge in [-0.15, -0.1) is 0 Å². The molecule has 6 nitrogen and oxygen atoms in total. The molecular weight excluding hydrogens is 340 g/mol. The molecule has 2 N–H and O–H groups in total. The highest BCUT2D eigenvalue weighted by molar-refractivity contribution is 5.89. The van der Waals surface area contributed by atoms with Crippen molar-refractivity contribution in [2.24, 2.45) is 5.92 Å². The Morgan fingerprint density at radius 3 is 2.63 bits per heavy atom. The third kappa shape index (κ3) is 4.73. The van der Waals surface area contributed by atoms with Crippen molar-refractivity contribution in [2.45, 2.75) is 27.7 Å². The van der Waals surface area contributed by atoms with Crippen molar-refractivity contribution in [1.29, 1.82) is 0 Å². The number of nitrogens with zero attached hydrogens (tertiary/aromatic N) is 2. The predicted molar refractivity (Wildman–Crippen MR) is 107 cm³/mol. The van der Waals surface area contributed by atoms with Crippen molar-refractivity contribution < 1.29 is 9.32 Å². The van der Waals surface area contributed by atoms with Crippen LogP contribution in [0.4, 0.5) is 10.5 Å². The third-order valence-corrected chi connectivity index (χ3v) is 4.23. The number of hydrogen-bond donors (Lipinski definition) is 2. The van der Waals surface area contributed by atoms with Gasteiger partial charge in [-0.3, -0.25) is 0 Å². The number of hydrogen-bond acceptors (Lipinski definition) is 4. The Labute approximate surface area is 159 Å². The molecule has 140 valence electrons. The van der Waals surface area contributed by atoms with Gasteiger partial charge >= 0.3 is 6.03 Å². The number of rotatable bonds is 5. The number of carbonyl (C=O) groups is 1. The lowest BCUT2D eigenvalue weighted by molar-refractivity contribution is 0.251. The Kier molecular flexibility index (Phi) is 5.54. The van der Waals surface area contributed by atoms with Crippen LogP contribution in [0.1, 0.15) is 25.0 Å². The van der Waals surface area contributed by atoms with Crippen LogP contribution in [0.3, 0.4) is 0 Å². The summed E-state index contributed by atoms with van der Waals surface area (Å²) in [5.41, 5.74) is 4.72. The highest BCUT2D eigenvalue weighted by Crippen LogP contribution is 2.25. The van der Waals surface area contributed by atoms with Gasteiger partial charge in [0.25, 0.3) is 5.89 Å². The summed E-state index contributed by atoms with van der Waals surface area (Å²) in [5, 5.41) is 9.73. The number of carbonyl (C=O) groups excluding carboxylic acids is 1. The van der Waals surface area contributed by atoms with E-state index in [1.165, 1.54) is 11.1 Å². The van der Waals surface area contributed by atoms with Crippen LogP contribution in [0.15, 0.2) is 47.0 Å². The Morgan fingerprint density at radius 1 is 1.07 bits per heavy atom. The minimum atomic E-state index is -0.232. The Morgan fingerprint density at radius 2 is 1.89 bits per heavy atom. The van der Waals surface area contributed by atoms with Crippen LogP contribution in [0.2, 0.25) is 0 Å². The molecule has 0 fully saturated rings. The van der Waals surface area contributed by atoms with Crippen molar-refractivity contribution in [2.75, 3.05) is 11.9 Å². The quantitative estimate of drug-likeness (QED) is 0.681. The van der Waals surface area contributed by atoms with E-state index in [0.29, 0.717) is 29.9 Å². The molecule has 27 heavy (non-hydrogen) atoms. The van der Waals surface area contributed by atoms with E-state index in [9.17, 15) is 4.79 Å². The average molecular weight is 364 g/mol. The van der Waals surface area contributed by atoms with E-state index in [4.69, 9.17) is 4.52 Å². The van der Waals surface area contributed by atoms with E-state index < -0.39 is 0 Å². The summed E-state index contributed by atoms with van der Waals surface area (Å²) in [6.45, 7) is 8.83. The highest BCUT2D eigenvalue weighted by Gasteiger charge is 2.12. The minimum absolute atomic E-state index is 0.232. The summed E-state index contributed by atoms with van der Waals surface area (Å²) >= 11 is 0. The molecule has 3 aromatic rings. The molecule has 2 amide bonds. The normalized spacial score (nSPS) is 10.9. The molecule has 0 saturated carbocycles. The maximum atomic E-state index is 11.9. The maximum absolute atomic E-state index is 11.9. The fourth-order valence-electron chi connectivity index (χ4n) is 2.54. The molecule has 0 aliphatic rings. The van der Waals surface area contributed by atoms with Crippen molar-refractivity contribution >= 4 is 11.7 Å². The second-order valence-electron chi connectivity index (χ2n) is 7.03. The largest absolute Gasteiger partial charge is 0.338 e. The molecule has 0 saturated heterocycles. The first-order chi connectivity index (χ1) is 12.9. The van der Waals surface area contributed by atoms with Crippen molar-refractivity contribution in [3.05, 3.63) is 53.6 Å². The summed E-state index contributed by atoms with van der Waals surface area (Å²) in [5.74, 6) is 1.35. The van der Waals surface area contributed by atoms with Crippen LogP contribution in [0, 0.1) is 19.8 Å². The fourth-order valence-corrected chi connectivity index (χ4v) is 2.54. The molecule has 0 aliphatic carbocycles. The van der Waals surface area contributed by atoms with Crippen LogP contribution in [-0.2, 0) is 0 Å². The molecule has 0 unspecified atom stereocenters. The third-order valence-electron chi connectivity index (χ3n) is 4.23. The van der Waals surface area contributed by atoms with Crippen LogP contribution in [-0.4, -0.2) is 22.7 Å². The van der Waals surface area contributed by atoms with E-state index in [-0.39, 0.29) is 6.03 Å². The van der Waals surface area contributed by atoms with Gasteiger partial charge < -0.3 is 15.2 Å². The standard InChI is InChI=1S/C21H24N4O2/c1-13(2)12-22-21(26)23-18-7-5-6-16(11-18)19-24-20(27-25-19)17-9-8-14(3)15(4)10-17/h5-11,13H,12H2,1-4H3,(H2,22,23,26). The zero-order valence-electron chi connectivity index (χ0n) is 16.0. The molecule has 6 heteroatoms. The second kappa shape index (κ2) is 8.03. The number of benzene rings is 2. The molecule has 0 spiro atoms. The molecule has 2 aromatic carbocycles. The Hall–Kier alpha value is -3.15. The molecule has 0 atom stereocenters. The van der Waals surface area contributed by atoms with Crippen LogP contribution < -0.4 is 10.6 Å². The first kappa shape index (κ1) is 18.6. The number of aromatic nitrogens is 2. The van der Waals surface area contributed by atoms with Crippen LogP contribution in [0.5, 0.6) is 0 Å². The van der Waals surface area contributed by atoms with Gasteiger partial charge in [0.05, 0.1) is 0 Å². The second-order valence-corrected chi connectivity index (χ2v) is 7.03. The van der Waals surface area contributed by atoms with Gasteiger partial charge in [0.2, 0.25) is 5.82 Å². The molecule has 0 bridgehead atoms. The van der Waals surface area contributed by atoms with E-state index in [1.807, 2.05) is 56.3 Å². The van der Waals surface area contributed by atoms with Crippen LogP contribution in [0.25, 0.3) is 22.8 Å². The lowest BCUT2D eigenvalue weighted by Crippen LogP contribution is -2.31. The monoisotopic (exact) mass is 364 g/mol. The van der Waals surface area contributed by atoms with Gasteiger partial charge in [-0.25, -0.2) is 4.79 Å². The van der Waals surface area contributed by atoms with Gasteiger partial charge in [0.1, 0.15) is 0 Å². The highest BCUT2D eigenvalue weighted by atomic mass is 16.5. The number of anilines is 1. The number of urea groups is 1. The number of aryl methyl sites for hydroxylation is 2. The molecular formula is C21H24N4O2. The van der Waals surface area contributed by atoms with Gasteiger partial charge in [-0.05, 0) is 55.2 Å². The smallest absolute Gasteiger partial charge is 0.319 e. The Balaban J connectivity index is 1.76. The van der Waals surface area contributed by atoms with Gasteiger partial charge in [0.15, 0.2) is 0 Å². The zero-order chi connectivity index (χ0) is 19.4. The lowest BCUT2D eigenvalue weighted by atomic mass is 10.1. The lowest BCUT2D eigenvalue weighted by Gasteiger charge is -2.09. The van der Waals surface area contributed by atoms with Crippen molar-refractivity contribution in [1.82, 2.24) is 15.5 Å². The summed E-state index contributed by atoms with van der Waals surface area (Å²) in [6.07, 6.45) is 0. The first-order valence-electron chi connectivity index (χ1n) is 8.99. The van der Waals surface area contributed by atoms with Crippen molar-refractivity contribution in [3.8, 4) is 22.8 Å². The average Bonchev–Trinajstić information content (AvgIpc) is 3.13. The fraction of sp³-hybridized carbons (Fsp3) is 0.286. The van der Waals surface area contributed by atoms with E-state index in [0.717, 1.165) is 11.1 Å². The SMILES string of the molecule is Cc1ccc(-c2nc(-c3cccc(NC(=O)NCC(C)C)c3)no2)cc1C. The summed E-state index contributed by atoms with van der Waals surface area (Å²) in [6, 6.07) is 13.2. The maximum Gasteiger partial charge on any atom is 0.319 e. The van der Waals surface area contributed by atoms with Crippen molar-refractivity contribution in [3.63, 3.8) is 0 Å².